The number of hydrogen-bond acceptors (Lipinski definition) is 8. The van der Waals surface area contributed by atoms with Gasteiger partial charge in [0.1, 0.15) is 11.5 Å². The summed E-state index contributed by atoms with van der Waals surface area (Å²) < 4.78 is 10.4. The SMILES string of the molecule is COc1ccc(OC)c(NC(=O)c2cc([N+](=O)[O-])c(Nc3ccc(C=Cc4ccccc4)cc3)c([N+](=O)[O-])c2)c1. The van der Waals surface area contributed by atoms with E-state index in [9.17, 15) is 25.0 Å². The van der Waals surface area contributed by atoms with E-state index in [2.05, 4.69) is 10.6 Å². The van der Waals surface area contributed by atoms with Crippen molar-refractivity contribution in [1.82, 2.24) is 0 Å². The van der Waals surface area contributed by atoms with Gasteiger partial charge in [-0.1, -0.05) is 54.6 Å². The quantitative estimate of drug-likeness (QED) is 0.129. The third-order valence-corrected chi connectivity index (χ3v) is 5.85. The summed E-state index contributed by atoms with van der Waals surface area (Å²) in [4.78, 5) is 35.3. The van der Waals surface area contributed by atoms with E-state index in [1.54, 1.807) is 36.4 Å². The lowest BCUT2D eigenvalue weighted by Crippen LogP contribution is -2.14. The van der Waals surface area contributed by atoms with Crippen LogP contribution in [-0.2, 0) is 0 Å². The van der Waals surface area contributed by atoms with Crippen LogP contribution in [-0.4, -0.2) is 30.0 Å². The molecule has 0 radical (unpaired) electrons. The first-order valence-corrected chi connectivity index (χ1v) is 11.9. The summed E-state index contributed by atoms with van der Waals surface area (Å²) >= 11 is 0. The van der Waals surface area contributed by atoms with Crippen LogP contribution in [0.5, 0.6) is 11.5 Å². The molecule has 0 bridgehead atoms. The van der Waals surface area contributed by atoms with Crippen LogP contribution in [0.4, 0.5) is 28.4 Å². The number of rotatable bonds is 10. The lowest BCUT2D eigenvalue weighted by Gasteiger charge is -2.13. The van der Waals surface area contributed by atoms with E-state index < -0.39 is 27.1 Å². The molecule has 0 atom stereocenters. The number of hydrogen-bond donors (Lipinski definition) is 2. The molecular formula is C29H24N4O7. The maximum atomic E-state index is 13.0. The number of anilines is 3. The first kappa shape index (κ1) is 27.3. The van der Waals surface area contributed by atoms with Crippen molar-refractivity contribution in [1.29, 1.82) is 0 Å². The summed E-state index contributed by atoms with van der Waals surface area (Å²) in [5.41, 5.74) is 0.591. The largest absolute Gasteiger partial charge is 0.497 e. The summed E-state index contributed by atoms with van der Waals surface area (Å²) in [5.74, 6) is -0.0773. The highest BCUT2D eigenvalue weighted by molar-refractivity contribution is 6.07. The zero-order valence-electron chi connectivity index (χ0n) is 21.5. The molecule has 40 heavy (non-hydrogen) atoms. The van der Waals surface area contributed by atoms with Gasteiger partial charge in [0, 0.05) is 23.9 Å². The van der Waals surface area contributed by atoms with Gasteiger partial charge in [0.25, 0.3) is 5.91 Å². The lowest BCUT2D eigenvalue weighted by molar-refractivity contribution is -0.392. The average Bonchev–Trinajstić information content (AvgIpc) is 2.97. The van der Waals surface area contributed by atoms with E-state index in [1.165, 1.54) is 20.3 Å². The van der Waals surface area contributed by atoms with Crippen molar-refractivity contribution in [2.45, 2.75) is 0 Å². The number of carbonyl (C=O) groups excluding carboxylic acids is 1. The van der Waals surface area contributed by atoms with E-state index in [1.807, 2.05) is 42.5 Å². The fourth-order valence-corrected chi connectivity index (χ4v) is 3.84. The second-order valence-electron chi connectivity index (χ2n) is 8.42. The molecule has 0 saturated carbocycles. The third-order valence-electron chi connectivity index (χ3n) is 5.85. The Morgan fingerprint density at radius 1 is 0.775 bits per heavy atom. The fraction of sp³-hybridized carbons (Fsp3) is 0.0690. The van der Waals surface area contributed by atoms with Crippen molar-refractivity contribution in [3.63, 3.8) is 0 Å². The summed E-state index contributed by atoms with van der Waals surface area (Å²) in [6, 6.07) is 23.2. The number of nitrogens with one attached hydrogen (secondary N) is 2. The van der Waals surface area contributed by atoms with Crippen molar-refractivity contribution < 1.29 is 24.1 Å². The zero-order valence-corrected chi connectivity index (χ0v) is 21.5. The molecule has 0 aliphatic heterocycles. The van der Waals surface area contributed by atoms with Gasteiger partial charge in [-0.25, -0.2) is 0 Å². The topological polar surface area (TPSA) is 146 Å². The van der Waals surface area contributed by atoms with Gasteiger partial charge in [-0.2, -0.15) is 0 Å². The predicted octanol–water partition coefficient (Wildman–Crippen LogP) is 6.69. The van der Waals surface area contributed by atoms with E-state index >= 15 is 0 Å². The minimum Gasteiger partial charge on any atom is -0.497 e. The van der Waals surface area contributed by atoms with Crippen molar-refractivity contribution >= 4 is 46.5 Å². The van der Waals surface area contributed by atoms with Crippen molar-refractivity contribution in [3.8, 4) is 11.5 Å². The van der Waals surface area contributed by atoms with Gasteiger partial charge in [0.15, 0.2) is 5.69 Å². The van der Waals surface area contributed by atoms with Gasteiger partial charge in [0.2, 0.25) is 0 Å². The minimum atomic E-state index is -0.807. The molecule has 0 aromatic heterocycles. The van der Waals surface area contributed by atoms with E-state index in [4.69, 9.17) is 9.47 Å². The summed E-state index contributed by atoms with van der Waals surface area (Å²) in [6.45, 7) is 0. The van der Waals surface area contributed by atoms with Gasteiger partial charge < -0.3 is 20.1 Å². The Labute approximate surface area is 229 Å². The summed E-state index contributed by atoms with van der Waals surface area (Å²) in [5, 5.41) is 29.2. The van der Waals surface area contributed by atoms with Crippen LogP contribution < -0.4 is 20.1 Å². The molecular weight excluding hydrogens is 516 g/mol. The number of carbonyl (C=O) groups is 1. The van der Waals surface area contributed by atoms with Crippen LogP contribution in [0.15, 0.2) is 84.9 Å². The summed E-state index contributed by atoms with van der Waals surface area (Å²) in [6.07, 6.45) is 3.83. The Bertz CT molecular complexity index is 1550. The van der Waals surface area contributed by atoms with Gasteiger partial charge in [0.05, 0.1) is 35.3 Å². The maximum absolute atomic E-state index is 13.0. The molecule has 0 spiro atoms. The smallest absolute Gasteiger partial charge is 0.300 e. The number of nitrogens with zero attached hydrogens (tertiary/aromatic N) is 2. The molecule has 1 amide bonds. The van der Waals surface area contributed by atoms with Crippen molar-refractivity contribution in [3.05, 3.63) is 122 Å². The second kappa shape index (κ2) is 12.2. The third kappa shape index (κ3) is 6.40. The molecule has 0 aliphatic carbocycles. The second-order valence-corrected chi connectivity index (χ2v) is 8.42. The molecule has 11 heteroatoms. The molecule has 0 saturated heterocycles. The number of methoxy groups -OCH3 is 2. The first-order chi connectivity index (χ1) is 19.3. The highest BCUT2D eigenvalue weighted by atomic mass is 16.6. The molecule has 11 nitrogen and oxygen atoms in total. The number of benzene rings is 4. The average molecular weight is 541 g/mol. The monoisotopic (exact) mass is 540 g/mol. The predicted molar refractivity (Wildman–Crippen MR) is 152 cm³/mol. The molecule has 0 heterocycles. The lowest BCUT2D eigenvalue weighted by atomic mass is 10.1. The summed E-state index contributed by atoms with van der Waals surface area (Å²) in [7, 11) is 2.85. The van der Waals surface area contributed by atoms with Crippen molar-refractivity contribution in [2.24, 2.45) is 0 Å². The minimum absolute atomic E-state index is 0.223. The number of amides is 1. The Kier molecular flexibility index (Phi) is 8.35. The molecule has 4 rings (SSSR count). The Morgan fingerprint density at radius 3 is 1.93 bits per heavy atom. The van der Waals surface area contributed by atoms with Crippen LogP contribution in [0.1, 0.15) is 21.5 Å². The van der Waals surface area contributed by atoms with Crippen LogP contribution in [0.2, 0.25) is 0 Å². The zero-order chi connectivity index (χ0) is 28.6. The van der Waals surface area contributed by atoms with Crippen LogP contribution in [0.3, 0.4) is 0 Å². The Hall–Kier alpha value is -5.71. The Balaban J connectivity index is 1.63. The van der Waals surface area contributed by atoms with E-state index in [0.717, 1.165) is 23.3 Å². The first-order valence-electron chi connectivity index (χ1n) is 11.9. The number of ether oxygens (including phenoxy) is 2. The molecule has 0 fully saturated rings. The molecule has 4 aromatic rings. The molecule has 0 unspecified atom stereocenters. The normalized spacial score (nSPS) is 10.7. The standard InChI is InChI=1S/C29H24N4O7/c1-39-23-14-15-27(40-2)24(18-23)31-29(34)21-16-25(32(35)36)28(26(17-21)33(37)38)30-22-12-10-20(11-13-22)9-8-19-6-4-3-5-7-19/h3-18,30H,1-2H3,(H,31,34). The maximum Gasteiger partial charge on any atom is 0.300 e. The van der Waals surface area contributed by atoms with Gasteiger partial charge in [-0.05, 0) is 35.4 Å². The van der Waals surface area contributed by atoms with E-state index in [0.29, 0.717) is 17.2 Å². The molecule has 202 valence electrons. The fourth-order valence-electron chi connectivity index (χ4n) is 3.84. The molecule has 4 aromatic carbocycles. The van der Waals surface area contributed by atoms with Gasteiger partial charge >= 0.3 is 11.4 Å². The van der Waals surface area contributed by atoms with Gasteiger partial charge in [-0.3, -0.25) is 25.0 Å². The van der Waals surface area contributed by atoms with Crippen LogP contribution in [0, 0.1) is 20.2 Å². The van der Waals surface area contributed by atoms with Crippen LogP contribution in [0.25, 0.3) is 12.2 Å². The number of nitro groups is 2. The van der Waals surface area contributed by atoms with Crippen molar-refractivity contribution in [2.75, 3.05) is 24.9 Å². The van der Waals surface area contributed by atoms with Gasteiger partial charge in [-0.15, -0.1) is 0 Å². The van der Waals surface area contributed by atoms with E-state index in [-0.39, 0.29) is 16.9 Å². The highest BCUT2D eigenvalue weighted by Crippen LogP contribution is 2.38. The van der Waals surface area contributed by atoms with Crippen LogP contribution >= 0.6 is 0 Å². The molecule has 0 aliphatic rings. The number of nitro benzene ring substituents is 2. The highest BCUT2D eigenvalue weighted by Gasteiger charge is 2.29. The molecule has 2 N–H and O–H groups in total. The Morgan fingerprint density at radius 2 is 1.38 bits per heavy atom.